The number of hydrogen-bond donors (Lipinski definition) is 1. The molecule has 0 bridgehead atoms. The van der Waals surface area contributed by atoms with Crippen molar-refractivity contribution >= 4 is 0 Å². The molecule has 0 aromatic carbocycles. The quantitative estimate of drug-likeness (QED) is 0.897. The molecule has 0 radical (unpaired) electrons. The minimum Gasteiger partial charge on any atom is -0.396 e. The van der Waals surface area contributed by atoms with E-state index in [9.17, 15) is 5.11 Å². The molecule has 2 fully saturated rings. The molecule has 3 nitrogen and oxygen atoms in total. The number of aryl methyl sites for hydroxylation is 1. The fraction of sp³-hybridized carbons (Fsp3) is 0.706. The van der Waals surface area contributed by atoms with E-state index in [1.54, 1.807) is 0 Å². The summed E-state index contributed by atoms with van der Waals surface area (Å²) in [5, 5.41) is 9.90. The molecule has 1 aromatic heterocycles. The van der Waals surface area contributed by atoms with Crippen LogP contribution < -0.4 is 0 Å². The van der Waals surface area contributed by atoms with Crippen LogP contribution >= 0.6 is 0 Å². The molecule has 0 spiro atoms. The predicted octanol–water partition coefficient (Wildman–Crippen LogP) is 2.76. The number of nitrogens with zero attached hydrogens (tertiary/aromatic N) is 2. The van der Waals surface area contributed by atoms with E-state index in [1.807, 2.05) is 13.0 Å². The average Bonchev–Trinajstić information content (AvgIpc) is 3.23. The molecule has 0 unspecified atom stereocenters. The molecule has 0 amide bonds. The Hall–Kier alpha value is -0.930. The zero-order chi connectivity index (χ0) is 14.0. The van der Waals surface area contributed by atoms with E-state index >= 15 is 0 Å². The van der Waals surface area contributed by atoms with Gasteiger partial charge in [0, 0.05) is 30.8 Å². The molecule has 1 atom stereocenters. The molecule has 3 heteroatoms. The van der Waals surface area contributed by atoms with E-state index < -0.39 is 0 Å². The number of aliphatic hydroxyl groups excluding tert-OH is 1. The first-order chi connectivity index (χ1) is 9.69. The summed E-state index contributed by atoms with van der Waals surface area (Å²) < 4.78 is 0. The molecule has 1 aliphatic carbocycles. The van der Waals surface area contributed by atoms with Gasteiger partial charge < -0.3 is 5.11 Å². The standard InChI is InChI=1S/C17H26N2O/c1-14-4-2-5-16(18-14)11-19-9-3-8-17(12-19,13-20)10-15-6-7-15/h2,4-5,15,20H,3,6-13H2,1H3/t17-/m1/s1. The summed E-state index contributed by atoms with van der Waals surface area (Å²) in [5.41, 5.74) is 2.40. The first-order valence-corrected chi connectivity index (χ1v) is 7.95. The summed E-state index contributed by atoms with van der Waals surface area (Å²) in [5.74, 6) is 0.888. The highest BCUT2D eigenvalue weighted by molar-refractivity contribution is 5.10. The van der Waals surface area contributed by atoms with E-state index in [1.165, 1.54) is 32.1 Å². The molecule has 1 N–H and O–H groups in total. The third-order valence-electron chi connectivity index (χ3n) is 4.83. The van der Waals surface area contributed by atoms with E-state index in [4.69, 9.17) is 0 Å². The number of aromatic nitrogens is 1. The molecule has 2 heterocycles. The topological polar surface area (TPSA) is 36.4 Å². The lowest BCUT2D eigenvalue weighted by atomic mass is 9.76. The number of pyridine rings is 1. The third kappa shape index (κ3) is 3.39. The van der Waals surface area contributed by atoms with Gasteiger partial charge in [-0.15, -0.1) is 0 Å². The third-order valence-corrected chi connectivity index (χ3v) is 4.83. The summed E-state index contributed by atoms with van der Waals surface area (Å²) in [6.07, 6.45) is 6.38. The van der Waals surface area contributed by atoms with E-state index in [-0.39, 0.29) is 5.41 Å². The fourth-order valence-corrected chi connectivity index (χ4v) is 3.66. The van der Waals surface area contributed by atoms with Gasteiger partial charge in [-0.3, -0.25) is 9.88 Å². The number of likely N-dealkylation sites (tertiary alicyclic amines) is 1. The Morgan fingerprint density at radius 3 is 2.95 bits per heavy atom. The second-order valence-electron chi connectivity index (χ2n) is 6.89. The van der Waals surface area contributed by atoms with Crippen LogP contribution in [-0.2, 0) is 6.54 Å². The molecule has 1 saturated heterocycles. The van der Waals surface area contributed by atoms with Gasteiger partial charge in [0.05, 0.1) is 5.69 Å². The van der Waals surface area contributed by atoms with Crippen molar-refractivity contribution in [2.75, 3.05) is 19.7 Å². The largest absolute Gasteiger partial charge is 0.396 e. The van der Waals surface area contributed by atoms with Crippen LogP contribution in [0.5, 0.6) is 0 Å². The highest BCUT2D eigenvalue weighted by Crippen LogP contribution is 2.44. The number of aliphatic hydroxyl groups is 1. The van der Waals surface area contributed by atoms with Gasteiger partial charge in [0.25, 0.3) is 0 Å². The van der Waals surface area contributed by atoms with Crippen LogP contribution in [0, 0.1) is 18.3 Å². The molecule has 1 aromatic rings. The molecule has 20 heavy (non-hydrogen) atoms. The zero-order valence-corrected chi connectivity index (χ0v) is 12.5. The Balaban J connectivity index is 1.64. The zero-order valence-electron chi connectivity index (χ0n) is 12.5. The first-order valence-electron chi connectivity index (χ1n) is 7.95. The lowest BCUT2D eigenvalue weighted by Gasteiger charge is -2.42. The maximum Gasteiger partial charge on any atom is 0.0547 e. The monoisotopic (exact) mass is 274 g/mol. The van der Waals surface area contributed by atoms with Crippen LogP contribution in [-0.4, -0.2) is 34.7 Å². The van der Waals surface area contributed by atoms with Crippen LogP contribution in [0.15, 0.2) is 18.2 Å². The van der Waals surface area contributed by atoms with Crippen LogP contribution in [0.2, 0.25) is 0 Å². The van der Waals surface area contributed by atoms with Gasteiger partial charge in [0.1, 0.15) is 0 Å². The molecule has 110 valence electrons. The summed E-state index contributed by atoms with van der Waals surface area (Å²) in [6.45, 7) is 5.50. The smallest absolute Gasteiger partial charge is 0.0547 e. The van der Waals surface area contributed by atoms with Crippen molar-refractivity contribution in [2.45, 2.75) is 45.6 Å². The lowest BCUT2D eigenvalue weighted by molar-refractivity contribution is 0.0175. The van der Waals surface area contributed by atoms with Crippen LogP contribution in [0.3, 0.4) is 0 Å². The van der Waals surface area contributed by atoms with Crippen LogP contribution in [0.4, 0.5) is 0 Å². The summed E-state index contributed by atoms with van der Waals surface area (Å²) in [6, 6.07) is 6.25. The minimum absolute atomic E-state index is 0.156. The van der Waals surface area contributed by atoms with Gasteiger partial charge in [-0.2, -0.15) is 0 Å². The maximum atomic E-state index is 9.90. The fourth-order valence-electron chi connectivity index (χ4n) is 3.66. The van der Waals surface area contributed by atoms with Crippen molar-refractivity contribution < 1.29 is 5.11 Å². The SMILES string of the molecule is Cc1cccc(CN2CCC[C@@](CO)(CC3CC3)C2)n1. The van der Waals surface area contributed by atoms with Crippen molar-refractivity contribution in [1.82, 2.24) is 9.88 Å². The van der Waals surface area contributed by atoms with Gasteiger partial charge in [0.15, 0.2) is 0 Å². The molecule has 3 rings (SSSR count). The molecule has 1 aliphatic heterocycles. The number of piperidine rings is 1. The molecular weight excluding hydrogens is 248 g/mol. The van der Waals surface area contributed by atoms with E-state index in [0.717, 1.165) is 36.9 Å². The number of rotatable bonds is 5. The summed E-state index contributed by atoms with van der Waals surface area (Å²) in [7, 11) is 0. The van der Waals surface area contributed by atoms with E-state index in [2.05, 4.69) is 22.0 Å². The van der Waals surface area contributed by atoms with E-state index in [0.29, 0.717) is 6.61 Å². The van der Waals surface area contributed by atoms with Gasteiger partial charge in [-0.25, -0.2) is 0 Å². The molecule has 2 aliphatic rings. The molecule has 1 saturated carbocycles. The summed E-state index contributed by atoms with van der Waals surface area (Å²) in [4.78, 5) is 7.10. The highest BCUT2D eigenvalue weighted by Gasteiger charge is 2.39. The maximum absolute atomic E-state index is 9.90. The second-order valence-corrected chi connectivity index (χ2v) is 6.89. The van der Waals surface area contributed by atoms with Crippen molar-refractivity contribution in [1.29, 1.82) is 0 Å². The van der Waals surface area contributed by atoms with Gasteiger partial charge in [-0.1, -0.05) is 18.9 Å². The first kappa shape index (κ1) is 14.0. The van der Waals surface area contributed by atoms with Gasteiger partial charge >= 0.3 is 0 Å². The van der Waals surface area contributed by atoms with Crippen molar-refractivity contribution in [2.24, 2.45) is 11.3 Å². The Morgan fingerprint density at radius 2 is 2.25 bits per heavy atom. The normalized spacial score (nSPS) is 27.7. The number of hydrogen-bond acceptors (Lipinski definition) is 3. The van der Waals surface area contributed by atoms with Crippen molar-refractivity contribution in [3.8, 4) is 0 Å². The average molecular weight is 274 g/mol. The van der Waals surface area contributed by atoms with Crippen LogP contribution in [0.25, 0.3) is 0 Å². The van der Waals surface area contributed by atoms with Crippen molar-refractivity contribution in [3.63, 3.8) is 0 Å². The van der Waals surface area contributed by atoms with Gasteiger partial charge in [-0.05, 0) is 50.8 Å². The van der Waals surface area contributed by atoms with Crippen molar-refractivity contribution in [3.05, 3.63) is 29.6 Å². The predicted molar refractivity (Wildman–Crippen MR) is 80.3 cm³/mol. The summed E-state index contributed by atoms with van der Waals surface area (Å²) >= 11 is 0. The second kappa shape index (κ2) is 5.82. The Morgan fingerprint density at radius 1 is 1.40 bits per heavy atom. The molecular formula is C17H26N2O. The van der Waals surface area contributed by atoms with Gasteiger partial charge in [0.2, 0.25) is 0 Å². The minimum atomic E-state index is 0.156. The Bertz CT molecular complexity index is 458. The van der Waals surface area contributed by atoms with Crippen LogP contribution in [0.1, 0.15) is 43.5 Å². The Labute approximate surface area is 122 Å². The highest BCUT2D eigenvalue weighted by atomic mass is 16.3. The lowest BCUT2D eigenvalue weighted by Crippen LogP contribution is -2.45. The Kier molecular flexibility index (Phi) is 4.08.